The summed E-state index contributed by atoms with van der Waals surface area (Å²) in [6.45, 7) is 0. The molecule has 3 aromatic rings. The highest BCUT2D eigenvalue weighted by Gasteiger charge is 2.29. The van der Waals surface area contributed by atoms with Gasteiger partial charge in [0.15, 0.2) is 0 Å². The summed E-state index contributed by atoms with van der Waals surface area (Å²) in [5.41, 5.74) is 4.53. The second kappa shape index (κ2) is 7.56. The molecule has 1 aliphatic rings. The molecule has 28 heavy (non-hydrogen) atoms. The number of hydrogen-bond donors (Lipinski definition) is 2. The van der Waals surface area contributed by atoms with Crippen LogP contribution in [0.1, 0.15) is 45.4 Å². The van der Waals surface area contributed by atoms with Crippen LogP contribution in [0.15, 0.2) is 66.7 Å². The van der Waals surface area contributed by atoms with Crippen molar-refractivity contribution in [1.82, 2.24) is 0 Å². The molecule has 5 heteroatoms. The highest BCUT2D eigenvalue weighted by atomic mass is 35.5. The maximum atomic E-state index is 11.5. The molecule has 0 saturated carbocycles. The van der Waals surface area contributed by atoms with Gasteiger partial charge in [0.2, 0.25) is 0 Å². The minimum absolute atomic E-state index is 0.0714. The molecule has 2 atom stereocenters. The van der Waals surface area contributed by atoms with E-state index >= 15 is 0 Å². The molecule has 1 heterocycles. The van der Waals surface area contributed by atoms with E-state index in [4.69, 9.17) is 16.3 Å². The molecule has 0 unspecified atom stereocenters. The lowest BCUT2D eigenvalue weighted by atomic mass is 9.80. The van der Waals surface area contributed by atoms with Gasteiger partial charge in [0.25, 0.3) is 0 Å². The number of nitrogens with one attached hydrogen (secondary N) is 1. The van der Waals surface area contributed by atoms with E-state index in [2.05, 4.69) is 5.32 Å². The van der Waals surface area contributed by atoms with Crippen LogP contribution in [-0.2, 0) is 0 Å². The molecule has 1 aliphatic heterocycles. The number of benzene rings is 3. The number of carboxylic acids is 1. The van der Waals surface area contributed by atoms with Crippen molar-refractivity contribution in [3.05, 3.63) is 94.0 Å². The van der Waals surface area contributed by atoms with Crippen LogP contribution in [0.25, 0.3) is 0 Å². The number of halogens is 1. The number of methoxy groups -OCH3 is 1. The first kappa shape index (κ1) is 18.4. The number of aromatic carboxylic acids is 1. The zero-order chi connectivity index (χ0) is 19.7. The molecule has 0 bridgehead atoms. The maximum Gasteiger partial charge on any atom is 0.335 e. The molecule has 3 aromatic carbocycles. The quantitative estimate of drug-likeness (QED) is 0.593. The van der Waals surface area contributed by atoms with Gasteiger partial charge in [-0.2, -0.15) is 0 Å². The van der Waals surface area contributed by atoms with Gasteiger partial charge in [-0.05, 0) is 65.6 Å². The van der Waals surface area contributed by atoms with E-state index in [0.29, 0.717) is 10.6 Å². The van der Waals surface area contributed by atoms with Crippen LogP contribution in [0.5, 0.6) is 5.75 Å². The third-order valence-corrected chi connectivity index (χ3v) is 5.52. The zero-order valence-corrected chi connectivity index (χ0v) is 16.1. The summed E-state index contributed by atoms with van der Waals surface area (Å²) >= 11 is 6.04. The summed E-state index contributed by atoms with van der Waals surface area (Å²) in [5.74, 6) is -0.0512. The largest absolute Gasteiger partial charge is 0.497 e. The van der Waals surface area contributed by atoms with Gasteiger partial charge >= 0.3 is 5.97 Å². The van der Waals surface area contributed by atoms with Gasteiger partial charge in [-0.1, -0.05) is 35.9 Å². The van der Waals surface area contributed by atoms with Crippen molar-refractivity contribution in [3.63, 3.8) is 0 Å². The van der Waals surface area contributed by atoms with Crippen molar-refractivity contribution >= 4 is 23.3 Å². The Hall–Kier alpha value is -2.98. The van der Waals surface area contributed by atoms with Gasteiger partial charge in [0, 0.05) is 16.6 Å². The van der Waals surface area contributed by atoms with Crippen LogP contribution in [0.2, 0.25) is 5.02 Å². The molecule has 0 saturated heterocycles. The van der Waals surface area contributed by atoms with E-state index < -0.39 is 5.97 Å². The van der Waals surface area contributed by atoms with E-state index in [1.165, 1.54) is 0 Å². The first-order valence-corrected chi connectivity index (χ1v) is 9.46. The smallest absolute Gasteiger partial charge is 0.335 e. The lowest BCUT2D eigenvalue weighted by Gasteiger charge is -2.34. The van der Waals surface area contributed by atoms with Gasteiger partial charge < -0.3 is 15.2 Å². The van der Waals surface area contributed by atoms with E-state index in [9.17, 15) is 9.90 Å². The van der Waals surface area contributed by atoms with E-state index in [-0.39, 0.29) is 12.0 Å². The van der Waals surface area contributed by atoms with E-state index in [1.54, 1.807) is 19.2 Å². The second-order valence-electron chi connectivity index (χ2n) is 6.92. The van der Waals surface area contributed by atoms with Crippen molar-refractivity contribution in [2.45, 2.75) is 18.4 Å². The van der Waals surface area contributed by atoms with E-state index in [1.807, 2.05) is 54.6 Å². The lowest BCUT2D eigenvalue weighted by molar-refractivity contribution is 0.0696. The maximum absolute atomic E-state index is 11.5. The molecular formula is C23H20ClNO3. The fraction of sp³-hybridized carbons (Fsp3) is 0.174. The summed E-state index contributed by atoms with van der Waals surface area (Å²) < 4.78 is 5.28. The molecule has 2 N–H and O–H groups in total. The van der Waals surface area contributed by atoms with Crippen molar-refractivity contribution in [1.29, 1.82) is 0 Å². The molecule has 0 amide bonds. The van der Waals surface area contributed by atoms with Gasteiger partial charge in [-0.25, -0.2) is 4.79 Å². The Bertz CT molecular complexity index is 999. The molecular weight excluding hydrogens is 374 g/mol. The van der Waals surface area contributed by atoms with Crippen molar-refractivity contribution in [2.24, 2.45) is 0 Å². The molecule has 4 nitrogen and oxygen atoms in total. The average molecular weight is 394 g/mol. The Morgan fingerprint density at radius 3 is 2.36 bits per heavy atom. The standard InChI is InChI=1S/C23H20ClNO3/c1-28-18-9-4-14(5-10-18)19-13-22(15-2-7-17(24)8-3-15)25-21-11-6-16(23(26)27)12-20(19)21/h2-12,19,22,25H,13H2,1H3,(H,26,27)/t19-,22-/m1/s1. The van der Waals surface area contributed by atoms with Crippen molar-refractivity contribution in [2.75, 3.05) is 12.4 Å². The fourth-order valence-corrected chi connectivity index (χ4v) is 3.92. The van der Waals surface area contributed by atoms with Crippen LogP contribution in [0, 0.1) is 0 Å². The zero-order valence-electron chi connectivity index (χ0n) is 15.4. The monoisotopic (exact) mass is 393 g/mol. The Morgan fingerprint density at radius 1 is 1.04 bits per heavy atom. The fourth-order valence-electron chi connectivity index (χ4n) is 3.79. The highest BCUT2D eigenvalue weighted by Crippen LogP contribution is 2.44. The Balaban J connectivity index is 1.77. The molecule has 0 spiro atoms. The van der Waals surface area contributed by atoms with Crippen molar-refractivity contribution in [3.8, 4) is 5.75 Å². The number of carbonyl (C=O) groups is 1. The van der Waals surface area contributed by atoms with Crippen LogP contribution in [0.4, 0.5) is 5.69 Å². The number of rotatable bonds is 4. The van der Waals surface area contributed by atoms with Crippen LogP contribution in [0.3, 0.4) is 0 Å². The molecule has 142 valence electrons. The van der Waals surface area contributed by atoms with Crippen LogP contribution < -0.4 is 10.1 Å². The summed E-state index contributed by atoms with van der Waals surface area (Å²) in [4.78, 5) is 11.5. The molecule has 0 fully saturated rings. The summed E-state index contributed by atoms with van der Waals surface area (Å²) in [6, 6.07) is 21.2. The third-order valence-electron chi connectivity index (χ3n) is 5.27. The third kappa shape index (κ3) is 3.56. The lowest BCUT2D eigenvalue weighted by Crippen LogP contribution is -2.22. The summed E-state index contributed by atoms with van der Waals surface area (Å²) in [6.07, 6.45) is 0.810. The molecule has 0 aromatic heterocycles. The van der Waals surface area contributed by atoms with Gasteiger partial charge in [-0.3, -0.25) is 0 Å². The van der Waals surface area contributed by atoms with Crippen molar-refractivity contribution < 1.29 is 14.6 Å². The average Bonchev–Trinajstić information content (AvgIpc) is 2.73. The Kier molecular flexibility index (Phi) is 4.97. The number of ether oxygens (including phenoxy) is 1. The summed E-state index contributed by atoms with van der Waals surface area (Å²) in [5, 5.41) is 13.7. The number of carboxylic acid groups (broad SMARTS) is 1. The SMILES string of the molecule is COc1ccc([C@H]2C[C@H](c3ccc(Cl)cc3)Nc3ccc(C(=O)O)cc32)cc1. The molecule has 0 aliphatic carbocycles. The summed E-state index contributed by atoms with van der Waals surface area (Å²) in [7, 11) is 1.64. The Morgan fingerprint density at radius 2 is 1.71 bits per heavy atom. The number of anilines is 1. The minimum atomic E-state index is -0.920. The number of fused-ring (bicyclic) bond motifs is 1. The normalized spacial score (nSPS) is 18.1. The Labute approximate surface area is 168 Å². The number of hydrogen-bond acceptors (Lipinski definition) is 3. The first-order chi connectivity index (χ1) is 13.5. The highest BCUT2D eigenvalue weighted by molar-refractivity contribution is 6.30. The van der Waals surface area contributed by atoms with Crippen LogP contribution >= 0.6 is 11.6 Å². The topological polar surface area (TPSA) is 58.6 Å². The molecule has 0 radical (unpaired) electrons. The minimum Gasteiger partial charge on any atom is -0.497 e. The predicted molar refractivity (Wildman–Crippen MR) is 111 cm³/mol. The second-order valence-corrected chi connectivity index (χ2v) is 7.35. The molecule has 4 rings (SSSR count). The van der Waals surface area contributed by atoms with Crippen LogP contribution in [-0.4, -0.2) is 18.2 Å². The van der Waals surface area contributed by atoms with E-state index in [0.717, 1.165) is 34.5 Å². The van der Waals surface area contributed by atoms with Gasteiger partial charge in [0.05, 0.1) is 18.7 Å². The first-order valence-electron chi connectivity index (χ1n) is 9.08. The van der Waals surface area contributed by atoms with Gasteiger partial charge in [0.1, 0.15) is 5.75 Å². The van der Waals surface area contributed by atoms with Gasteiger partial charge in [-0.15, -0.1) is 0 Å². The predicted octanol–water partition coefficient (Wildman–Crippen LogP) is 5.74.